The molecule has 4 heteroatoms. The SMILES string of the molecule is CC1(C(O)C(CN)c2c(Cl)cccc2Cl)CCCCC1. The van der Waals surface area contributed by atoms with Gasteiger partial charge < -0.3 is 10.8 Å². The van der Waals surface area contributed by atoms with Crippen LogP contribution in [0.1, 0.15) is 50.5 Å². The third kappa shape index (κ3) is 3.14. The Balaban J connectivity index is 2.32. The second-order valence-electron chi connectivity index (χ2n) is 6.14. The molecule has 1 aromatic carbocycles. The van der Waals surface area contributed by atoms with E-state index in [0.29, 0.717) is 16.6 Å². The Kier molecular flexibility index (Phi) is 5.36. The van der Waals surface area contributed by atoms with Crippen LogP contribution in [0.3, 0.4) is 0 Å². The van der Waals surface area contributed by atoms with Crippen LogP contribution in [-0.2, 0) is 0 Å². The van der Waals surface area contributed by atoms with Gasteiger partial charge in [0.1, 0.15) is 0 Å². The molecule has 2 atom stereocenters. The molecule has 2 nitrogen and oxygen atoms in total. The van der Waals surface area contributed by atoms with Crippen molar-refractivity contribution < 1.29 is 5.11 Å². The Morgan fingerprint density at radius 1 is 1.20 bits per heavy atom. The van der Waals surface area contributed by atoms with E-state index in [1.807, 2.05) is 6.07 Å². The molecule has 1 aliphatic carbocycles. The highest BCUT2D eigenvalue weighted by Gasteiger charge is 2.40. The Morgan fingerprint density at radius 2 is 1.75 bits per heavy atom. The lowest BCUT2D eigenvalue weighted by Gasteiger charge is -2.41. The van der Waals surface area contributed by atoms with E-state index < -0.39 is 6.10 Å². The summed E-state index contributed by atoms with van der Waals surface area (Å²) in [7, 11) is 0. The van der Waals surface area contributed by atoms with E-state index in [2.05, 4.69) is 6.92 Å². The number of aliphatic hydroxyl groups is 1. The summed E-state index contributed by atoms with van der Waals surface area (Å²) < 4.78 is 0. The summed E-state index contributed by atoms with van der Waals surface area (Å²) in [6.45, 7) is 2.50. The standard InChI is InChI=1S/C16H23Cl2NO/c1-16(8-3-2-4-9-16)15(20)11(10-19)14-12(17)6-5-7-13(14)18/h5-7,11,15,20H,2-4,8-10,19H2,1H3. The van der Waals surface area contributed by atoms with Crippen LogP contribution in [0.15, 0.2) is 18.2 Å². The van der Waals surface area contributed by atoms with Crippen molar-refractivity contribution in [2.24, 2.45) is 11.1 Å². The van der Waals surface area contributed by atoms with Gasteiger partial charge in [-0.25, -0.2) is 0 Å². The van der Waals surface area contributed by atoms with E-state index in [9.17, 15) is 5.11 Å². The topological polar surface area (TPSA) is 46.2 Å². The molecule has 0 bridgehead atoms. The first-order chi connectivity index (χ1) is 9.49. The molecule has 20 heavy (non-hydrogen) atoms. The third-order valence-electron chi connectivity index (χ3n) is 4.72. The van der Waals surface area contributed by atoms with Crippen LogP contribution >= 0.6 is 23.2 Å². The summed E-state index contributed by atoms with van der Waals surface area (Å²) in [5, 5.41) is 12.1. The molecule has 1 saturated carbocycles. The number of rotatable bonds is 4. The fourth-order valence-electron chi connectivity index (χ4n) is 3.41. The highest BCUT2D eigenvalue weighted by atomic mass is 35.5. The second-order valence-corrected chi connectivity index (χ2v) is 6.95. The molecule has 0 saturated heterocycles. The molecule has 0 aliphatic heterocycles. The molecule has 0 radical (unpaired) electrons. The summed E-state index contributed by atoms with van der Waals surface area (Å²) in [5.74, 6) is -0.209. The van der Waals surface area contributed by atoms with Crippen molar-refractivity contribution in [2.45, 2.75) is 51.0 Å². The predicted molar refractivity (Wildman–Crippen MR) is 85.5 cm³/mol. The lowest BCUT2D eigenvalue weighted by Crippen LogP contribution is -2.41. The molecule has 2 rings (SSSR count). The molecule has 112 valence electrons. The molecule has 2 unspecified atom stereocenters. The van der Waals surface area contributed by atoms with Gasteiger partial charge in [0.25, 0.3) is 0 Å². The molecule has 1 aliphatic rings. The number of hydrogen-bond donors (Lipinski definition) is 2. The van der Waals surface area contributed by atoms with E-state index in [1.165, 1.54) is 19.3 Å². The molecular formula is C16H23Cl2NO. The van der Waals surface area contributed by atoms with Crippen molar-refractivity contribution in [3.63, 3.8) is 0 Å². The molecule has 1 aromatic rings. The fraction of sp³-hybridized carbons (Fsp3) is 0.625. The highest BCUT2D eigenvalue weighted by Crippen LogP contribution is 2.45. The maximum Gasteiger partial charge on any atom is 0.0675 e. The van der Waals surface area contributed by atoms with Crippen LogP contribution in [0.4, 0.5) is 0 Å². The van der Waals surface area contributed by atoms with Crippen molar-refractivity contribution in [1.82, 2.24) is 0 Å². The highest BCUT2D eigenvalue weighted by molar-refractivity contribution is 6.36. The van der Waals surface area contributed by atoms with Gasteiger partial charge in [-0.15, -0.1) is 0 Å². The van der Waals surface area contributed by atoms with Gasteiger partial charge in [0.05, 0.1) is 6.10 Å². The maximum absolute atomic E-state index is 10.9. The monoisotopic (exact) mass is 315 g/mol. The minimum atomic E-state index is -0.509. The van der Waals surface area contributed by atoms with Gasteiger partial charge in [-0.3, -0.25) is 0 Å². The first-order valence-corrected chi connectivity index (χ1v) is 8.07. The van der Waals surface area contributed by atoms with Crippen LogP contribution in [0.25, 0.3) is 0 Å². The van der Waals surface area contributed by atoms with Gasteiger partial charge in [0, 0.05) is 22.5 Å². The van der Waals surface area contributed by atoms with Crippen LogP contribution in [-0.4, -0.2) is 17.8 Å². The average molecular weight is 316 g/mol. The van der Waals surface area contributed by atoms with Crippen molar-refractivity contribution in [2.75, 3.05) is 6.54 Å². The minimum absolute atomic E-state index is 0.0925. The summed E-state index contributed by atoms with van der Waals surface area (Å²) >= 11 is 12.6. The third-order valence-corrected chi connectivity index (χ3v) is 5.37. The van der Waals surface area contributed by atoms with Gasteiger partial charge in [-0.1, -0.05) is 55.5 Å². The Labute approximate surface area is 131 Å². The lowest BCUT2D eigenvalue weighted by atomic mass is 9.67. The quantitative estimate of drug-likeness (QED) is 0.866. The van der Waals surface area contributed by atoms with Gasteiger partial charge in [0.2, 0.25) is 0 Å². The first kappa shape index (κ1) is 16.1. The van der Waals surface area contributed by atoms with E-state index in [4.69, 9.17) is 28.9 Å². The zero-order chi connectivity index (χ0) is 14.8. The van der Waals surface area contributed by atoms with Crippen molar-refractivity contribution >= 4 is 23.2 Å². The second kappa shape index (κ2) is 6.65. The molecule has 3 N–H and O–H groups in total. The maximum atomic E-state index is 10.9. The number of nitrogens with two attached hydrogens (primary N) is 1. The predicted octanol–water partition coefficient (Wildman–Crippen LogP) is 4.37. The summed E-state index contributed by atoms with van der Waals surface area (Å²) in [4.78, 5) is 0. The minimum Gasteiger partial charge on any atom is -0.392 e. The zero-order valence-corrected chi connectivity index (χ0v) is 13.4. The van der Waals surface area contributed by atoms with Gasteiger partial charge in [0.15, 0.2) is 0 Å². The van der Waals surface area contributed by atoms with Crippen LogP contribution in [0.5, 0.6) is 0 Å². The molecule has 0 heterocycles. The summed E-state index contributed by atoms with van der Waals surface area (Å²) in [5.41, 5.74) is 6.63. The van der Waals surface area contributed by atoms with E-state index in [1.54, 1.807) is 12.1 Å². The smallest absolute Gasteiger partial charge is 0.0675 e. The zero-order valence-electron chi connectivity index (χ0n) is 11.9. The first-order valence-electron chi connectivity index (χ1n) is 7.31. The van der Waals surface area contributed by atoms with E-state index in [-0.39, 0.29) is 11.3 Å². The Hall–Kier alpha value is -0.280. The van der Waals surface area contributed by atoms with E-state index >= 15 is 0 Å². The van der Waals surface area contributed by atoms with Crippen LogP contribution in [0.2, 0.25) is 10.0 Å². The average Bonchev–Trinajstić information content (AvgIpc) is 2.43. The van der Waals surface area contributed by atoms with Gasteiger partial charge >= 0.3 is 0 Å². The van der Waals surface area contributed by atoms with Gasteiger partial charge in [-0.05, 0) is 36.0 Å². The van der Waals surface area contributed by atoms with Gasteiger partial charge in [-0.2, -0.15) is 0 Å². The number of hydrogen-bond acceptors (Lipinski definition) is 2. The molecule has 0 spiro atoms. The molecule has 1 fully saturated rings. The van der Waals surface area contributed by atoms with Crippen molar-refractivity contribution in [3.05, 3.63) is 33.8 Å². The largest absolute Gasteiger partial charge is 0.392 e. The van der Waals surface area contributed by atoms with Crippen molar-refractivity contribution in [1.29, 1.82) is 0 Å². The van der Waals surface area contributed by atoms with E-state index in [0.717, 1.165) is 18.4 Å². The Morgan fingerprint density at radius 3 is 2.25 bits per heavy atom. The number of aliphatic hydroxyl groups excluding tert-OH is 1. The fourth-order valence-corrected chi connectivity index (χ4v) is 4.09. The number of halogens is 2. The van der Waals surface area contributed by atoms with Crippen molar-refractivity contribution in [3.8, 4) is 0 Å². The normalized spacial score (nSPS) is 21.4. The molecule has 0 amide bonds. The summed E-state index contributed by atoms with van der Waals surface area (Å²) in [6, 6.07) is 5.43. The van der Waals surface area contributed by atoms with Crippen LogP contribution < -0.4 is 5.73 Å². The lowest BCUT2D eigenvalue weighted by molar-refractivity contribution is -0.00745. The Bertz CT molecular complexity index is 438. The summed E-state index contributed by atoms with van der Waals surface area (Å²) in [6.07, 6.45) is 5.15. The number of benzene rings is 1. The molecule has 0 aromatic heterocycles. The molecular weight excluding hydrogens is 293 g/mol. The van der Waals surface area contributed by atoms with Crippen LogP contribution in [0, 0.1) is 5.41 Å².